The van der Waals surface area contributed by atoms with Gasteiger partial charge in [-0.1, -0.05) is 6.07 Å². The van der Waals surface area contributed by atoms with Crippen LogP contribution in [-0.2, 0) is 11.2 Å². The van der Waals surface area contributed by atoms with Gasteiger partial charge in [0.15, 0.2) is 11.5 Å². The molecule has 1 atom stereocenters. The van der Waals surface area contributed by atoms with Crippen molar-refractivity contribution in [3.8, 4) is 11.5 Å². The van der Waals surface area contributed by atoms with Gasteiger partial charge in [0.25, 0.3) is 0 Å². The first-order chi connectivity index (χ1) is 8.33. The fourth-order valence-electron chi connectivity index (χ4n) is 1.92. The molecule has 0 saturated carbocycles. The van der Waals surface area contributed by atoms with Crippen molar-refractivity contribution < 1.29 is 14.2 Å². The molecule has 0 aromatic heterocycles. The first kappa shape index (κ1) is 12.2. The van der Waals surface area contributed by atoms with E-state index in [-0.39, 0.29) is 6.10 Å². The van der Waals surface area contributed by atoms with E-state index < -0.39 is 0 Å². The SMILES string of the molecule is COc1ccc(CCN)cc1OC1CCOC1. The van der Waals surface area contributed by atoms with Crippen molar-refractivity contribution in [1.29, 1.82) is 0 Å². The first-order valence-electron chi connectivity index (χ1n) is 5.95. The van der Waals surface area contributed by atoms with Crippen molar-refractivity contribution in [2.45, 2.75) is 18.9 Å². The second-order valence-corrected chi connectivity index (χ2v) is 4.13. The zero-order valence-electron chi connectivity index (χ0n) is 10.1. The third kappa shape index (κ3) is 3.11. The molecule has 2 rings (SSSR count). The maximum absolute atomic E-state index is 5.89. The Hall–Kier alpha value is -1.26. The molecule has 0 amide bonds. The lowest BCUT2D eigenvalue weighted by Crippen LogP contribution is -2.16. The minimum absolute atomic E-state index is 0.136. The van der Waals surface area contributed by atoms with Crippen LogP contribution < -0.4 is 15.2 Å². The number of hydrogen-bond acceptors (Lipinski definition) is 4. The van der Waals surface area contributed by atoms with Crippen LogP contribution in [0.2, 0.25) is 0 Å². The van der Waals surface area contributed by atoms with Crippen LogP contribution >= 0.6 is 0 Å². The molecular weight excluding hydrogens is 218 g/mol. The van der Waals surface area contributed by atoms with Crippen LogP contribution in [0.15, 0.2) is 18.2 Å². The zero-order chi connectivity index (χ0) is 12.1. The maximum atomic E-state index is 5.89. The summed E-state index contributed by atoms with van der Waals surface area (Å²) < 4.78 is 16.5. The van der Waals surface area contributed by atoms with E-state index >= 15 is 0 Å². The molecule has 4 nitrogen and oxygen atoms in total. The third-order valence-electron chi connectivity index (χ3n) is 2.84. The van der Waals surface area contributed by atoms with Crippen molar-refractivity contribution in [1.82, 2.24) is 0 Å². The van der Waals surface area contributed by atoms with Gasteiger partial charge in [-0.25, -0.2) is 0 Å². The van der Waals surface area contributed by atoms with Gasteiger partial charge in [0.1, 0.15) is 6.10 Å². The summed E-state index contributed by atoms with van der Waals surface area (Å²) in [4.78, 5) is 0. The Morgan fingerprint density at radius 2 is 2.29 bits per heavy atom. The highest BCUT2D eigenvalue weighted by atomic mass is 16.6. The van der Waals surface area contributed by atoms with E-state index in [4.69, 9.17) is 19.9 Å². The molecule has 4 heteroatoms. The molecule has 0 aliphatic carbocycles. The number of nitrogens with two attached hydrogens (primary N) is 1. The second kappa shape index (κ2) is 5.89. The molecule has 1 fully saturated rings. The van der Waals surface area contributed by atoms with E-state index in [0.717, 1.165) is 30.9 Å². The van der Waals surface area contributed by atoms with Crippen LogP contribution in [0.1, 0.15) is 12.0 Å². The maximum Gasteiger partial charge on any atom is 0.161 e. The Labute approximate surface area is 102 Å². The highest BCUT2D eigenvalue weighted by Crippen LogP contribution is 2.30. The predicted octanol–water partition coefficient (Wildman–Crippen LogP) is 1.36. The summed E-state index contributed by atoms with van der Waals surface area (Å²) in [7, 11) is 1.65. The molecule has 1 heterocycles. The number of benzene rings is 1. The summed E-state index contributed by atoms with van der Waals surface area (Å²) in [5.74, 6) is 1.55. The number of methoxy groups -OCH3 is 1. The minimum Gasteiger partial charge on any atom is -0.493 e. The lowest BCUT2D eigenvalue weighted by atomic mass is 10.1. The zero-order valence-corrected chi connectivity index (χ0v) is 10.1. The van der Waals surface area contributed by atoms with Gasteiger partial charge in [-0.15, -0.1) is 0 Å². The number of rotatable bonds is 5. The first-order valence-corrected chi connectivity index (χ1v) is 5.95. The summed E-state index contributed by atoms with van der Waals surface area (Å²) in [6.45, 7) is 2.07. The van der Waals surface area contributed by atoms with Crippen LogP contribution in [-0.4, -0.2) is 33.0 Å². The molecule has 1 aromatic carbocycles. The van der Waals surface area contributed by atoms with E-state index in [0.29, 0.717) is 13.2 Å². The smallest absolute Gasteiger partial charge is 0.161 e. The number of hydrogen-bond donors (Lipinski definition) is 1. The summed E-state index contributed by atoms with van der Waals surface area (Å²) in [5, 5.41) is 0. The van der Waals surface area contributed by atoms with E-state index in [1.807, 2.05) is 18.2 Å². The van der Waals surface area contributed by atoms with Gasteiger partial charge in [0.05, 0.1) is 20.3 Å². The molecule has 94 valence electrons. The third-order valence-corrected chi connectivity index (χ3v) is 2.84. The van der Waals surface area contributed by atoms with Gasteiger partial charge in [0, 0.05) is 6.42 Å². The van der Waals surface area contributed by atoms with Crippen molar-refractivity contribution in [2.24, 2.45) is 5.73 Å². The molecule has 1 unspecified atom stereocenters. The van der Waals surface area contributed by atoms with Gasteiger partial charge in [-0.2, -0.15) is 0 Å². The van der Waals surface area contributed by atoms with Crippen molar-refractivity contribution in [3.05, 3.63) is 23.8 Å². The molecule has 17 heavy (non-hydrogen) atoms. The average Bonchev–Trinajstić information content (AvgIpc) is 2.83. The molecule has 0 spiro atoms. The Balaban J connectivity index is 2.12. The van der Waals surface area contributed by atoms with Crippen LogP contribution in [0.4, 0.5) is 0 Å². The molecule has 1 aromatic rings. The molecule has 1 aliphatic heterocycles. The lowest BCUT2D eigenvalue weighted by molar-refractivity contribution is 0.138. The standard InChI is InChI=1S/C13H19NO3/c1-15-12-3-2-10(4-6-14)8-13(12)17-11-5-7-16-9-11/h2-3,8,11H,4-7,9,14H2,1H3. The van der Waals surface area contributed by atoms with Gasteiger partial charge in [-0.05, 0) is 30.7 Å². The predicted molar refractivity (Wildman–Crippen MR) is 65.6 cm³/mol. The molecule has 2 N–H and O–H groups in total. The van der Waals surface area contributed by atoms with Gasteiger partial charge in [-0.3, -0.25) is 0 Å². The van der Waals surface area contributed by atoms with Gasteiger partial charge < -0.3 is 19.9 Å². The van der Waals surface area contributed by atoms with E-state index in [1.165, 1.54) is 5.56 Å². The fourth-order valence-corrected chi connectivity index (χ4v) is 1.92. The lowest BCUT2D eigenvalue weighted by Gasteiger charge is -2.15. The number of ether oxygens (including phenoxy) is 3. The highest BCUT2D eigenvalue weighted by molar-refractivity contribution is 5.43. The van der Waals surface area contributed by atoms with E-state index in [9.17, 15) is 0 Å². The van der Waals surface area contributed by atoms with E-state index in [2.05, 4.69) is 0 Å². The van der Waals surface area contributed by atoms with Crippen LogP contribution in [0.3, 0.4) is 0 Å². The Morgan fingerprint density at radius 1 is 1.41 bits per heavy atom. The van der Waals surface area contributed by atoms with Crippen molar-refractivity contribution >= 4 is 0 Å². The van der Waals surface area contributed by atoms with Crippen LogP contribution in [0, 0.1) is 0 Å². The molecule has 1 saturated heterocycles. The van der Waals surface area contributed by atoms with Crippen molar-refractivity contribution in [2.75, 3.05) is 26.9 Å². The minimum atomic E-state index is 0.136. The Morgan fingerprint density at radius 3 is 2.94 bits per heavy atom. The summed E-state index contributed by atoms with van der Waals surface area (Å²) in [6.07, 6.45) is 1.92. The van der Waals surface area contributed by atoms with Gasteiger partial charge >= 0.3 is 0 Å². The topological polar surface area (TPSA) is 53.7 Å². The molecule has 0 bridgehead atoms. The Bertz CT molecular complexity index is 362. The fraction of sp³-hybridized carbons (Fsp3) is 0.538. The monoisotopic (exact) mass is 237 g/mol. The Kier molecular flexibility index (Phi) is 4.23. The highest BCUT2D eigenvalue weighted by Gasteiger charge is 2.19. The van der Waals surface area contributed by atoms with Gasteiger partial charge in [0.2, 0.25) is 0 Å². The molecule has 1 aliphatic rings. The van der Waals surface area contributed by atoms with Crippen LogP contribution in [0.25, 0.3) is 0 Å². The average molecular weight is 237 g/mol. The second-order valence-electron chi connectivity index (χ2n) is 4.13. The van der Waals surface area contributed by atoms with Crippen molar-refractivity contribution in [3.63, 3.8) is 0 Å². The van der Waals surface area contributed by atoms with Crippen LogP contribution in [0.5, 0.6) is 11.5 Å². The van der Waals surface area contributed by atoms with E-state index in [1.54, 1.807) is 7.11 Å². The molecule has 0 radical (unpaired) electrons. The largest absolute Gasteiger partial charge is 0.493 e. The summed E-state index contributed by atoms with van der Waals surface area (Å²) in [6, 6.07) is 5.95. The molecular formula is C13H19NO3. The quantitative estimate of drug-likeness (QED) is 0.840. The summed E-state index contributed by atoms with van der Waals surface area (Å²) in [5.41, 5.74) is 6.72. The summed E-state index contributed by atoms with van der Waals surface area (Å²) >= 11 is 0. The normalized spacial score (nSPS) is 19.3.